The Morgan fingerprint density at radius 3 is 2.25 bits per heavy atom. The summed E-state index contributed by atoms with van der Waals surface area (Å²) < 4.78 is 18.6. The SMILES string of the molecule is CCCCC[C@@H](/C=C/[C@H]1[C@H](O[Si](C)(C)C(C)(C)C)CC(=O)[C@@H]1CC#CCCCC(=O)OC)O[Si](CC)(CC)CC. The number of unbranched alkanes of at least 4 members (excludes halogenated alkanes) is 3. The number of rotatable bonds is 17. The van der Waals surface area contributed by atoms with Crippen LogP contribution in [0.1, 0.15) is 106 Å². The molecule has 230 valence electrons. The Kier molecular flexibility index (Phi) is 16.3. The molecule has 1 saturated carbocycles. The van der Waals surface area contributed by atoms with Gasteiger partial charge in [0.25, 0.3) is 0 Å². The molecule has 0 amide bonds. The predicted octanol–water partition coefficient (Wildman–Crippen LogP) is 8.85. The van der Waals surface area contributed by atoms with Gasteiger partial charge in [0.15, 0.2) is 16.6 Å². The van der Waals surface area contributed by atoms with Crippen molar-refractivity contribution in [1.82, 2.24) is 0 Å². The normalized spacial score (nSPS) is 20.9. The van der Waals surface area contributed by atoms with Gasteiger partial charge in [0, 0.05) is 37.5 Å². The maximum absolute atomic E-state index is 13.4. The third kappa shape index (κ3) is 11.6. The molecule has 0 bridgehead atoms. The number of carbonyl (C=O) groups excluding carboxylic acids is 2. The molecule has 0 saturated heterocycles. The highest BCUT2D eigenvalue weighted by molar-refractivity contribution is 6.74. The van der Waals surface area contributed by atoms with E-state index in [4.69, 9.17) is 13.6 Å². The van der Waals surface area contributed by atoms with E-state index in [1.165, 1.54) is 20.0 Å². The third-order valence-electron chi connectivity index (χ3n) is 9.29. The molecular weight excluding hydrogens is 533 g/mol. The first kappa shape index (κ1) is 36.8. The van der Waals surface area contributed by atoms with E-state index in [-0.39, 0.29) is 40.8 Å². The fraction of sp³-hybridized carbons (Fsp3) is 0.818. The Morgan fingerprint density at radius 1 is 1.05 bits per heavy atom. The minimum Gasteiger partial charge on any atom is -0.469 e. The quantitative estimate of drug-likeness (QED) is 0.0555. The molecule has 0 aliphatic heterocycles. The van der Waals surface area contributed by atoms with Crippen LogP contribution in [-0.2, 0) is 23.2 Å². The molecule has 0 aromatic rings. The monoisotopic (exact) mass is 592 g/mol. The van der Waals surface area contributed by atoms with E-state index in [2.05, 4.69) is 85.6 Å². The van der Waals surface area contributed by atoms with E-state index < -0.39 is 16.6 Å². The summed E-state index contributed by atoms with van der Waals surface area (Å²) in [6.45, 7) is 20.4. The topological polar surface area (TPSA) is 61.8 Å². The van der Waals surface area contributed by atoms with Gasteiger partial charge in [0.05, 0.1) is 19.3 Å². The lowest BCUT2D eigenvalue weighted by molar-refractivity contribution is -0.140. The summed E-state index contributed by atoms with van der Waals surface area (Å²) in [4.78, 5) is 24.7. The van der Waals surface area contributed by atoms with Crippen molar-refractivity contribution in [2.45, 2.75) is 155 Å². The van der Waals surface area contributed by atoms with Gasteiger partial charge in [-0.3, -0.25) is 9.59 Å². The van der Waals surface area contributed by atoms with Crippen molar-refractivity contribution >= 4 is 28.4 Å². The number of esters is 1. The van der Waals surface area contributed by atoms with Crippen molar-refractivity contribution < 1.29 is 23.2 Å². The van der Waals surface area contributed by atoms with Crippen LogP contribution >= 0.6 is 0 Å². The maximum atomic E-state index is 13.4. The van der Waals surface area contributed by atoms with Gasteiger partial charge in [0.1, 0.15) is 5.78 Å². The van der Waals surface area contributed by atoms with Crippen LogP contribution in [0.2, 0.25) is 36.3 Å². The van der Waals surface area contributed by atoms with Gasteiger partial charge in [-0.15, -0.1) is 11.8 Å². The van der Waals surface area contributed by atoms with Crippen LogP contribution < -0.4 is 0 Å². The molecule has 1 aliphatic carbocycles. The van der Waals surface area contributed by atoms with Crippen molar-refractivity contribution in [2.75, 3.05) is 7.11 Å². The molecule has 1 rings (SSSR count). The van der Waals surface area contributed by atoms with Gasteiger partial charge in [-0.2, -0.15) is 0 Å². The van der Waals surface area contributed by atoms with Gasteiger partial charge in [-0.05, 0) is 49.1 Å². The number of hydrogen-bond acceptors (Lipinski definition) is 5. The van der Waals surface area contributed by atoms with Crippen molar-refractivity contribution in [3.05, 3.63) is 12.2 Å². The predicted molar refractivity (Wildman–Crippen MR) is 172 cm³/mol. The molecule has 0 heterocycles. The average Bonchev–Trinajstić information content (AvgIpc) is 3.19. The van der Waals surface area contributed by atoms with Gasteiger partial charge in [0.2, 0.25) is 0 Å². The Balaban J connectivity index is 3.23. The molecule has 7 heteroatoms. The minimum absolute atomic E-state index is 0.00390. The average molecular weight is 593 g/mol. The highest BCUT2D eigenvalue weighted by atomic mass is 28.4. The van der Waals surface area contributed by atoms with Gasteiger partial charge in [-0.1, -0.05) is 79.9 Å². The van der Waals surface area contributed by atoms with E-state index in [0.29, 0.717) is 32.1 Å². The Morgan fingerprint density at radius 2 is 1.70 bits per heavy atom. The molecule has 0 radical (unpaired) electrons. The lowest BCUT2D eigenvalue weighted by atomic mass is 9.90. The number of ether oxygens (including phenoxy) is 1. The molecule has 1 fully saturated rings. The van der Waals surface area contributed by atoms with Crippen molar-refractivity contribution in [1.29, 1.82) is 0 Å². The number of carbonyl (C=O) groups is 2. The summed E-state index contributed by atoms with van der Waals surface area (Å²) in [7, 11) is -2.43. The van der Waals surface area contributed by atoms with Crippen molar-refractivity contribution in [3.63, 3.8) is 0 Å². The van der Waals surface area contributed by atoms with Gasteiger partial charge >= 0.3 is 5.97 Å². The summed E-state index contributed by atoms with van der Waals surface area (Å²) in [5.41, 5.74) is 0. The summed E-state index contributed by atoms with van der Waals surface area (Å²) in [6, 6.07) is 3.39. The number of ketones is 1. The van der Waals surface area contributed by atoms with Crippen molar-refractivity contribution in [3.8, 4) is 11.8 Å². The Bertz CT molecular complexity index is 852. The van der Waals surface area contributed by atoms with Crippen molar-refractivity contribution in [2.24, 2.45) is 11.8 Å². The van der Waals surface area contributed by atoms with Crippen LogP contribution in [0.15, 0.2) is 12.2 Å². The zero-order valence-corrected chi connectivity index (χ0v) is 29.5. The minimum atomic E-state index is -2.06. The maximum Gasteiger partial charge on any atom is 0.305 e. The second-order valence-corrected chi connectivity index (χ2v) is 22.5. The first-order valence-electron chi connectivity index (χ1n) is 15.9. The molecule has 40 heavy (non-hydrogen) atoms. The Labute approximate surface area is 248 Å². The van der Waals surface area contributed by atoms with Crippen LogP contribution in [0.3, 0.4) is 0 Å². The second kappa shape index (κ2) is 17.7. The lowest BCUT2D eigenvalue weighted by Gasteiger charge is -2.39. The zero-order chi connectivity index (χ0) is 30.4. The van der Waals surface area contributed by atoms with Crippen LogP contribution in [0.25, 0.3) is 0 Å². The summed E-state index contributed by atoms with van der Waals surface area (Å²) in [5, 5.41) is 0.0716. The number of methoxy groups -OCH3 is 1. The first-order valence-corrected chi connectivity index (χ1v) is 21.3. The van der Waals surface area contributed by atoms with Gasteiger partial charge in [-0.25, -0.2) is 0 Å². The van der Waals surface area contributed by atoms with E-state index in [1.54, 1.807) is 0 Å². The van der Waals surface area contributed by atoms with E-state index in [9.17, 15) is 9.59 Å². The second-order valence-electron chi connectivity index (χ2n) is 13.0. The molecule has 0 aromatic heterocycles. The Hall–Kier alpha value is -1.21. The smallest absolute Gasteiger partial charge is 0.305 e. The first-order chi connectivity index (χ1) is 18.8. The highest BCUT2D eigenvalue weighted by Crippen LogP contribution is 2.43. The van der Waals surface area contributed by atoms with Crippen LogP contribution in [0, 0.1) is 23.7 Å². The fourth-order valence-electron chi connectivity index (χ4n) is 5.20. The largest absolute Gasteiger partial charge is 0.469 e. The zero-order valence-electron chi connectivity index (χ0n) is 27.5. The molecule has 5 nitrogen and oxygen atoms in total. The number of hydrogen-bond donors (Lipinski definition) is 0. The third-order valence-corrected chi connectivity index (χ3v) is 18.5. The molecule has 0 aromatic carbocycles. The standard InChI is InChI=1S/C33H60O5Si2/c1-11-15-18-21-27(37-40(12-2,13-3)14-4)24-25-29-28(22-19-16-17-20-23-32(35)36-8)30(34)26-31(29)38-39(9,10)33(5,6)7/h24-25,27-29,31H,11-15,17-18,20-23,26H2,1-10H3/b25-24+/t27-,28+,29+,31+/m0/s1. The molecule has 4 atom stereocenters. The van der Waals surface area contributed by atoms with Gasteiger partial charge < -0.3 is 13.6 Å². The number of Topliss-reactive ketones (excluding diaryl/α,β-unsaturated/α-hetero) is 1. The molecule has 1 aliphatic rings. The molecule has 0 spiro atoms. The molecule has 0 unspecified atom stereocenters. The highest BCUT2D eigenvalue weighted by Gasteiger charge is 2.47. The lowest BCUT2D eigenvalue weighted by Crippen LogP contribution is -2.45. The summed E-state index contributed by atoms with van der Waals surface area (Å²) in [5.74, 6) is 6.34. The fourth-order valence-corrected chi connectivity index (χ4v) is 9.39. The summed E-state index contributed by atoms with van der Waals surface area (Å²) in [6.07, 6.45) is 11.8. The molecule has 0 N–H and O–H groups in total. The molecular formula is C33H60O5Si2. The van der Waals surface area contributed by atoms with Crippen LogP contribution in [0.4, 0.5) is 0 Å². The van der Waals surface area contributed by atoms with E-state index >= 15 is 0 Å². The van der Waals surface area contributed by atoms with Crippen LogP contribution in [0.5, 0.6) is 0 Å². The van der Waals surface area contributed by atoms with E-state index in [0.717, 1.165) is 31.0 Å². The van der Waals surface area contributed by atoms with Crippen LogP contribution in [-0.4, -0.2) is 47.7 Å². The van der Waals surface area contributed by atoms with E-state index in [1.807, 2.05) is 0 Å². The summed E-state index contributed by atoms with van der Waals surface area (Å²) >= 11 is 0.